The smallest absolute Gasteiger partial charge is 0.278 e. The zero-order valence-electron chi connectivity index (χ0n) is 22.6. The molecular formula is C31H34FN5O3. The Labute approximate surface area is 233 Å². The van der Waals surface area contributed by atoms with E-state index in [9.17, 15) is 18.8 Å². The Morgan fingerprint density at radius 3 is 2.05 bits per heavy atom. The van der Waals surface area contributed by atoms with E-state index in [1.54, 1.807) is 14.0 Å². The van der Waals surface area contributed by atoms with Crippen LogP contribution in [-0.4, -0.2) is 48.3 Å². The van der Waals surface area contributed by atoms with E-state index in [-0.39, 0.29) is 18.5 Å². The Kier molecular flexibility index (Phi) is 9.29. The summed E-state index contributed by atoms with van der Waals surface area (Å²) in [5.74, 6) is -1.85. The van der Waals surface area contributed by atoms with Crippen LogP contribution in [0, 0.1) is 5.82 Å². The largest absolute Gasteiger partial charge is 0.356 e. The molecule has 2 atom stereocenters. The van der Waals surface area contributed by atoms with E-state index >= 15 is 0 Å². The first-order chi connectivity index (χ1) is 19.3. The summed E-state index contributed by atoms with van der Waals surface area (Å²) >= 11 is 0. The minimum atomic E-state index is -1.72. The van der Waals surface area contributed by atoms with E-state index in [1.807, 2.05) is 60.7 Å². The summed E-state index contributed by atoms with van der Waals surface area (Å²) in [6.07, 6.45) is 4.18. The van der Waals surface area contributed by atoms with Gasteiger partial charge in [-0.25, -0.2) is 4.39 Å². The molecule has 3 amide bonds. The summed E-state index contributed by atoms with van der Waals surface area (Å²) in [4.78, 5) is 41.3. The molecule has 0 saturated carbocycles. The standard InChI is InChI=1S/C31H34FN5O3/c1-22(33-2)29(39)36-31(25-13-15-26(32)16-14-25)30(40)37(18-17-34-31)21-28(38)35-27(19-23-9-5-3-6-10-23)20-24-11-7-4-8-12-24/h3-18,22,27,33-34H,19-21H2,1-2H3,(H,35,38)(H,36,39)/t22-,31?/m0/s1. The van der Waals surface area contributed by atoms with Gasteiger partial charge in [0.2, 0.25) is 17.5 Å². The van der Waals surface area contributed by atoms with Gasteiger partial charge >= 0.3 is 0 Å². The number of likely N-dealkylation sites (N-methyl/N-ethyl adjacent to an activating group) is 1. The second-order valence-corrected chi connectivity index (χ2v) is 9.79. The van der Waals surface area contributed by atoms with Crippen molar-refractivity contribution in [2.45, 2.75) is 37.5 Å². The molecule has 4 N–H and O–H groups in total. The van der Waals surface area contributed by atoms with Gasteiger partial charge in [-0.3, -0.25) is 14.4 Å². The zero-order valence-corrected chi connectivity index (χ0v) is 22.6. The van der Waals surface area contributed by atoms with Crippen LogP contribution in [0.25, 0.3) is 0 Å². The second-order valence-electron chi connectivity index (χ2n) is 9.79. The van der Waals surface area contributed by atoms with Crippen LogP contribution in [0.2, 0.25) is 0 Å². The highest BCUT2D eigenvalue weighted by molar-refractivity contribution is 5.96. The minimum Gasteiger partial charge on any atom is -0.356 e. The van der Waals surface area contributed by atoms with Crippen molar-refractivity contribution in [3.8, 4) is 0 Å². The molecule has 9 heteroatoms. The van der Waals surface area contributed by atoms with Crippen LogP contribution >= 0.6 is 0 Å². The molecule has 1 aliphatic rings. The molecule has 1 unspecified atom stereocenters. The summed E-state index contributed by atoms with van der Waals surface area (Å²) in [6.45, 7) is 1.39. The van der Waals surface area contributed by atoms with E-state index in [2.05, 4.69) is 21.3 Å². The summed E-state index contributed by atoms with van der Waals surface area (Å²) < 4.78 is 13.7. The Balaban J connectivity index is 1.54. The highest BCUT2D eigenvalue weighted by Gasteiger charge is 2.46. The number of nitrogens with zero attached hydrogens (tertiary/aromatic N) is 1. The van der Waals surface area contributed by atoms with Crippen LogP contribution in [0.15, 0.2) is 97.3 Å². The lowest BCUT2D eigenvalue weighted by molar-refractivity contribution is -0.144. The van der Waals surface area contributed by atoms with Crippen LogP contribution in [-0.2, 0) is 32.9 Å². The number of rotatable bonds is 11. The highest BCUT2D eigenvalue weighted by atomic mass is 19.1. The number of hydrogen-bond acceptors (Lipinski definition) is 5. The van der Waals surface area contributed by atoms with Gasteiger partial charge in [-0.05, 0) is 50.1 Å². The van der Waals surface area contributed by atoms with E-state index in [0.29, 0.717) is 18.4 Å². The first-order valence-electron chi connectivity index (χ1n) is 13.2. The maximum absolute atomic E-state index is 13.9. The SMILES string of the molecule is CN[C@@H](C)C(=O)NC1(c2ccc(F)cc2)NC=CN(CC(=O)NC(Cc2ccccc2)Cc2ccccc2)C1=O. The lowest BCUT2D eigenvalue weighted by atomic mass is 9.95. The van der Waals surface area contributed by atoms with Gasteiger partial charge in [0.25, 0.3) is 5.91 Å². The quantitative estimate of drug-likeness (QED) is 0.298. The summed E-state index contributed by atoms with van der Waals surface area (Å²) in [7, 11) is 1.63. The van der Waals surface area contributed by atoms with E-state index in [4.69, 9.17) is 0 Å². The lowest BCUT2D eigenvalue weighted by Gasteiger charge is -2.40. The maximum atomic E-state index is 13.9. The second kappa shape index (κ2) is 13.0. The molecule has 8 nitrogen and oxygen atoms in total. The predicted octanol–water partition coefficient (Wildman–Crippen LogP) is 2.58. The molecule has 1 aliphatic heterocycles. The Hall–Kier alpha value is -4.50. The van der Waals surface area contributed by atoms with Gasteiger partial charge in [0.1, 0.15) is 12.4 Å². The summed E-state index contributed by atoms with van der Waals surface area (Å²) in [6, 6.07) is 24.2. The van der Waals surface area contributed by atoms with Gasteiger partial charge in [-0.1, -0.05) is 72.8 Å². The molecule has 0 aromatic heterocycles. The fraction of sp³-hybridized carbons (Fsp3) is 0.258. The number of hydrogen-bond donors (Lipinski definition) is 4. The molecule has 208 valence electrons. The van der Waals surface area contributed by atoms with E-state index in [0.717, 1.165) is 11.1 Å². The van der Waals surface area contributed by atoms with Crippen molar-refractivity contribution in [3.63, 3.8) is 0 Å². The van der Waals surface area contributed by atoms with Gasteiger partial charge in [0.15, 0.2) is 0 Å². The topological polar surface area (TPSA) is 103 Å². The normalized spacial score (nSPS) is 17.3. The van der Waals surface area contributed by atoms with Crippen molar-refractivity contribution in [1.29, 1.82) is 0 Å². The zero-order chi connectivity index (χ0) is 28.5. The molecular weight excluding hydrogens is 509 g/mol. The Morgan fingerprint density at radius 2 is 1.50 bits per heavy atom. The van der Waals surface area contributed by atoms with Crippen molar-refractivity contribution in [2.75, 3.05) is 13.6 Å². The van der Waals surface area contributed by atoms with Gasteiger partial charge in [0, 0.05) is 24.0 Å². The average molecular weight is 544 g/mol. The number of carbonyl (C=O) groups is 3. The summed E-state index contributed by atoms with van der Waals surface area (Å²) in [5, 5.41) is 11.7. The lowest BCUT2D eigenvalue weighted by Crippen LogP contribution is -2.67. The molecule has 0 fully saturated rings. The number of benzene rings is 3. The highest BCUT2D eigenvalue weighted by Crippen LogP contribution is 2.25. The molecule has 0 aliphatic carbocycles. The van der Waals surface area contributed by atoms with E-state index in [1.165, 1.54) is 41.6 Å². The third-order valence-electron chi connectivity index (χ3n) is 6.88. The number of nitrogens with one attached hydrogen (secondary N) is 4. The molecule has 3 aromatic carbocycles. The fourth-order valence-corrected chi connectivity index (χ4v) is 4.61. The predicted molar refractivity (Wildman–Crippen MR) is 151 cm³/mol. The molecule has 0 saturated heterocycles. The van der Waals surface area contributed by atoms with Gasteiger partial charge in [-0.2, -0.15) is 0 Å². The molecule has 1 heterocycles. The third kappa shape index (κ3) is 6.92. The van der Waals surface area contributed by atoms with Crippen molar-refractivity contribution in [3.05, 3.63) is 120 Å². The molecule has 0 bridgehead atoms. The van der Waals surface area contributed by atoms with Crippen molar-refractivity contribution >= 4 is 17.7 Å². The average Bonchev–Trinajstić information content (AvgIpc) is 2.96. The first kappa shape index (κ1) is 28.5. The van der Waals surface area contributed by atoms with Crippen LogP contribution in [0.1, 0.15) is 23.6 Å². The van der Waals surface area contributed by atoms with Gasteiger partial charge in [0.05, 0.1) is 6.04 Å². The van der Waals surface area contributed by atoms with Crippen LogP contribution in [0.3, 0.4) is 0 Å². The Morgan fingerprint density at radius 1 is 0.925 bits per heavy atom. The number of carbonyl (C=O) groups excluding carboxylic acids is 3. The van der Waals surface area contributed by atoms with Crippen LogP contribution in [0.4, 0.5) is 4.39 Å². The monoisotopic (exact) mass is 543 g/mol. The molecule has 4 rings (SSSR count). The van der Waals surface area contributed by atoms with Crippen molar-refractivity contribution in [1.82, 2.24) is 26.2 Å². The van der Waals surface area contributed by atoms with Crippen molar-refractivity contribution < 1.29 is 18.8 Å². The van der Waals surface area contributed by atoms with Gasteiger partial charge in [-0.15, -0.1) is 0 Å². The molecule has 0 radical (unpaired) electrons. The molecule has 0 spiro atoms. The maximum Gasteiger partial charge on any atom is 0.278 e. The van der Waals surface area contributed by atoms with E-state index < -0.39 is 29.3 Å². The van der Waals surface area contributed by atoms with Crippen LogP contribution in [0.5, 0.6) is 0 Å². The third-order valence-corrected chi connectivity index (χ3v) is 6.88. The van der Waals surface area contributed by atoms with Crippen LogP contribution < -0.4 is 21.3 Å². The molecule has 40 heavy (non-hydrogen) atoms. The number of amides is 3. The summed E-state index contributed by atoms with van der Waals surface area (Å²) in [5.41, 5.74) is 0.770. The Bertz CT molecular complexity index is 1290. The fourth-order valence-electron chi connectivity index (χ4n) is 4.61. The number of halogens is 1. The van der Waals surface area contributed by atoms with Crippen molar-refractivity contribution in [2.24, 2.45) is 0 Å². The van der Waals surface area contributed by atoms with Gasteiger partial charge < -0.3 is 26.2 Å². The first-order valence-corrected chi connectivity index (χ1v) is 13.2. The molecule has 3 aromatic rings. The minimum absolute atomic E-state index is 0.211.